The predicted molar refractivity (Wildman–Crippen MR) is 164 cm³/mol. The van der Waals surface area contributed by atoms with Crippen LogP contribution in [0.2, 0.25) is 0 Å². The van der Waals surface area contributed by atoms with Crippen LogP contribution in [0.3, 0.4) is 0 Å². The number of allylic oxidation sites excluding steroid dienone is 6. The second-order valence-corrected chi connectivity index (χ2v) is 10.3. The fourth-order valence-corrected chi connectivity index (χ4v) is 4.67. The molecule has 0 saturated carbocycles. The molecule has 5 nitrogen and oxygen atoms in total. The van der Waals surface area contributed by atoms with Gasteiger partial charge in [-0.1, -0.05) is 75.6 Å². The number of amides is 1. The maximum atomic E-state index is 13.3. The van der Waals surface area contributed by atoms with E-state index in [1.807, 2.05) is 57.5 Å². The molecule has 0 aromatic carbocycles. The van der Waals surface area contributed by atoms with Crippen molar-refractivity contribution in [1.29, 1.82) is 0 Å². The number of hydrogen-bond donors (Lipinski definition) is 1. The van der Waals surface area contributed by atoms with Crippen LogP contribution in [-0.2, 0) is 9.53 Å². The molecule has 1 fully saturated rings. The number of carbonyl (C=O) groups excluding carboxylic acids is 1. The van der Waals surface area contributed by atoms with Crippen molar-refractivity contribution in [3.63, 3.8) is 0 Å². The van der Waals surface area contributed by atoms with E-state index in [0.717, 1.165) is 60.7 Å². The Kier molecular flexibility index (Phi) is 18.0. The lowest BCUT2D eigenvalue weighted by Gasteiger charge is -2.32. The van der Waals surface area contributed by atoms with Gasteiger partial charge >= 0.3 is 0 Å². The molecule has 1 rings (SSSR count). The van der Waals surface area contributed by atoms with Gasteiger partial charge in [0.15, 0.2) is 0 Å². The number of carbonyl (C=O) groups is 1. The zero-order valence-corrected chi connectivity index (χ0v) is 25.2. The Morgan fingerprint density at radius 1 is 1.16 bits per heavy atom. The molecule has 214 valence electrons. The number of rotatable bonds is 18. The molecule has 38 heavy (non-hydrogen) atoms. The van der Waals surface area contributed by atoms with E-state index in [1.54, 1.807) is 7.11 Å². The van der Waals surface area contributed by atoms with Gasteiger partial charge in [-0.2, -0.15) is 0 Å². The van der Waals surface area contributed by atoms with Crippen molar-refractivity contribution in [2.75, 3.05) is 39.8 Å². The molecular weight excluding hydrogens is 470 g/mol. The van der Waals surface area contributed by atoms with E-state index in [0.29, 0.717) is 6.54 Å². The third-order valence-corrected chi connectivity index (χ3v) is 7.26. The highest BCUT2D eigenvalue weighted by atomic mass is 16.5. The topological polar surface area (TPSA) is 44.8 Å². The number of unbranched alkanes of at least 4 members (excludes halogenated alkanes) is 1. The molecular formula is C33H55N3O2. The number of nitrogens with zero attached hydrogens (tertiary/aromatic N) is 2. The van der Waals surface area contributed by atoms with Gasteiger partial charge in [-0.25, -0.2) is 0 Å². The highest BCUT2D eigenvalue weighted by molar-refractivity contribution is 5.97. The molecule has 0 unspecified atom stereocenters. The number of nitrogens with one attached hydrogen (secondary N) is 1. The molecule has 1 aliphatic heterocycles. The minimum atomic E-state index is -0.0335. The van der Waals surface area contributed by atoms with Gasteiger partial charge < -0.3 is 19.9 Å². The predicted octanol–water partition coefficient (Wildman–Crippen LogP) is 7.52. The number of methoxy groups -OCH3 is 1. The molecule has 0 aromatic rings. The van der Waals surface area contributed by atoms with Gasteiger partial charge in [0, 0.05) is 25.5 Å². The molecule has 1 heterocycles. The molecule has 1 amide bonds. The van der Waals surface area contributed by atoms with E-state index in [1.165, 1.54) is 45.2 Å². The Labute approximate surface area is 234 Å². The van der Waals surface area contributed by atoms with Crippen molar-refractivity contribution in [3.05, 3.63) is 71.8 Å². The first-order valence-electron chi connectivity index (χ1n) is 14.7. The van der Waals surface area contributed by atoms with Gasteiger partial charge in [0.2, 0.25) is 0 Å². The summed E-state index contributed by atoms with van der Waals surface area (Å²) >= 11 is 0. The summed E-state index contributed by atoms with van der Waals surface area (Å²) in [6, 6.07) is 0. The monoisotopic (exact) mass is 525 g/mol. The SMILES string of the molecule is C=C/C(C)=C\C=C/CCNC(=O)C(=C/N(/C=C(/C)OC)CCCN1CCC(CCCC)CC1)/C(=C/C)CC. The van der Waals surface area contributed by atoms with Crippen LogP contribution in [0.15, 0.2) is 71.8 Å². The van der Waals surface area contributed by atoms with E-state index in [2.05, 4.69) is 41.6 Å². The first kappa shape index (κ1) is 33.5. The Balaban J connectivity index is 2.83. The molecule has 0 spiro atoms. The standard InChI is InChI=1S/C33H55N3O2/c1-8-12-18-30-19-24-35(25-20-30)22-16-23-36(26-29(6)38-7)27-32(31(10-3)11-4)33(37)34-21-15-13-14-17-28(5)9-2/h9-10,13-14,17,26-27,30H,2,8,11-12,15-16,18-25H2,1,3-7H3,(H,34,37)/b14-13-,28-17-,29-26-,31-10+,32-27+. The highest BCUT2D eigenvalue weighted by Crippen LogP contribution is 2.23. The van der Waals surface area contributed by atoms with E-state index in [9.17, 15) is 4.79 Å². The fraction of sp³-hybridized carbons (Fsp3) is 0.606. The van der Waals surface area contributed by atoms with E-state index in [-0.39, 0.29) is 5.91 Å². The van der Waals surface area contributed by atoms with Gasteiger partial charge in [0.05, 0.1) is 12.7 Å². The van der Waals surface area contributed by atoms with Crippen LogP contribution >= 0.6 is 0 Å². The van der Waals surface area contributed by atoms with Crippen LogP contribution in [0.4, 0.5) is 0 Å². The van der Waals surface area contributed by atoms with Crippen LogP contribution in [0, 0.1) is 5.92 Å². The van der Waals surface area contributed by atoms with Crippen molar-refractivity contribution in [3.8, 4) is 0 Å². The first-order chi connectivity index (χ1) is 18.4. The van der Waals surface area contributed by atoms with Crippen molar-refractivity contribution < 1.29 is 9.53 Å². The van der Waals surface area contributed by atoms with Crippen LogP contribution in [-0.4, -0.2) is 55.5 Å². The molecule has 5 heteroatoms. The average molecular weight is 526 g/mol. The Bertz CT molecular complexity index is 842. The van der Waals surface area contributed by atoms with E-state index >= 15 is 0 Å². The Morgan fingerprint density at radius 3 is 2.50 bits per heavy atom. The minimum absolute atomic E-state index is 0.0335. The number of likely N-dealkylation sites (tertiary alicyclic amines) is 1. The van der Waals surface area contributed by atoms with Gasteiger partial charge in [-0.3, -0.25) is 4.79 Å². The Hall–Kier alpha value is -2.53. The molecule has 1 N–H and O–H groups in total. The summed E-state index contributed by atoms with van der Waals surface area (Å²) < 4.78 is 5.45. The normalized spacial score (nSPS) is 16.7. The summed E-state index contributed by atoms with van der Waals surface area (Å²) in [6.07, 6.45) is 23.3. The number of hydrogen-bond acceptors (Lipinski definition) is 4. The minimum Gasteiger partial charge on any atom is -0.500 e. The van der Waals surface area contributed by atoms with Crippen molar-refractivity contribution in [1.82, 2.24) is 15.1 Å². The molecule has 0 aromatic heterocycles. The second kappa shape index (κ2) is 20.4. The third kappa shape index (κ3) is 13.9. The number of ether oxygens (including phenoxy) is 1. The summed E-state index contributed by atoms with van der Waals surface area (Å²) in [5, 5.41) is 3.11. The maximum Gasteiger partial charge on any atom is 0.253 e. The first-order valence-corrected chi connectivity index (χ1v) is 14.7. The molecule has 0 radical (unpaired) electrons. The van der Waals surface area contributed by atoms with Crippen LogP contribution in [0.1, 0.15) is 86.0 Å². The lowest BCUT2D eigenvalue weighted by atomic mass is 9.91. The van der Waals surface area contributed by atoms with Crippen LogP contribution in [0.5, 0.6) is 0 Å². The van der Waals surface area contributed by atoms with Crippen LogP contribution < -0.4 is 5.32 Å². The summed E-state index contributed by atoms with van der Waals surface area (Å²) in [7, 11) is 1.69. The van der Waals surface area contributed by atoms with Gasteiger partial charge in [-0.05, 0) is 84.0 Å². The van der Waals surface area contributed by atoms with E-state index < -0.39 is 0 Å². The second-order valence-electron chi connectivity index (χ2n) is 10.3. The zero-order chi connectivity index (χ0) is 28.2. The average Bonchev–Trinajstić information content (AvgIpc) is 2.93. The van der Waals surface area contributed by atoms with Crippen molar-refractivity contribution >= 4 is 5.91 Å². The van der Waals surface area contributed by atoms with E-state index in [4.69, 9.17) is 4.74 Å². The zero-order valence-electron chi connectivity index (χ0n) is 25.2. The quantitative estimate of drug-likeness (QED) is 0.0870. The molecule has 1 aliphatic rings. The van der Waals surface area contributed by atoms with Crippen molar-refractivity contribution in [2.45, 2.75) is 86.0 Å². The van der Waals surface area contributed by atoms with Gasteiger partial charge in [0.25, 0.3) is 5.91 Å². The summed E-state index contributed by atoms with van der Waals surface area (Å²) in [4.78, 5) is 18.0. The van der Waals surface area contributed by atoms with Gasteiger partial charge in [-0.15, -0.1) is 0 Å². The fourth-order valence-electron chi connectivity index (χ4n) is 4.67. The largest absolute Gasteiger partial charge is 0.500 e. The lowest BCUT2D eigenvalue weighted by molar-refractivity contribution is -0.117. The number of piperidine rings is 1. The summed E-state index contributed by atoms with van der Waals surface area (Å²) in [5.74, 6) is 1.70. The lowest BCUT2D eigenvalue weighted by Crippen LogP contribution is -2.35. The molecule has 0 aliphatic carbocycles. The van der Waals surface area contributed by atoms with Gasteiger partial charge in [0.1, 0.15) is 5.76 Å². The summed E-state index contributed by atoms with van der Waals surface area (Å²) in [5.41, 5.74) is 2.88. The molecule has 0 bridgehead atoms. The highest BCUT2D eigenvalue weighted by Gasteiger charge is 2.19. The Morgan fingerprint density at radius 2 is 1.89 bits per heavy atom. The smallest absolute Gasteiger partial charge is 0.253 e. The third-order valence-electron chi connectivity index (χ3n) is 7.26. The van der Waals surface area contributed by atoms with Crippen molar-refractivity contribution in [2.24, 2.45) is 5.92 Å². The molecule has 1 saturated heterocycles. The maximum absolute atomic E-state index is 13.3. The summed E-state index contributed by atoms with van der Waals surface area (Å²) in [6.45, 7) is 19.0. The molecule has 0 atom stereocenters. The van der Waals surface area contributed by atoms with Crippen LogP contribution in [0.25, 0.3) is 0 Å².